The zero-order valence-corrected chi connectivity index (χ0v) is 7.81. The number of anilines is 1. The Morgan fingerprint density at radius 1 is 1.23 bits per heavy atom. The maximum absolute atomic E-state index is 13.0. The Bertz CT molecular complexity index is 250. The van der Waals surface area contributed by atoms with E-state index >= 15 is 0 Å². The van der Waals surface area contributed by atoms with Crippen LogP contribution in [0.1, 0.15) is 6.42 Å². The smallest absolute Gasteiger partial charge is 0.146 e. The molecule has 1 aromatic carbocycles. The Labute approximate surface area is 78.2 Å². The summed E-state index contributed by atoms with van der Waals surface area (Å²) in [4.78, 5) is 0. The van der Waals surface area contributed by atoms with E-state index in [0.717, 1.165) is 19.5 Å². The van der Waals surface area contributed by atoms with E-state index in [1.54, 1.807) is 12.1 Å². The standard InChI is InChI=1S/C10H15FN2/c1-12-7-4-8-13-10-6-3-2-5-9(10)11/h2-3,5-6,12-13H,4,7-8H2,1H3. The molecule has 0 aromatic heterocycles. The van der Waals surface area contributed by atoms with Crippen molar-refractivity contribution in [3.8, 4) is 0 Å². The Morgan fingerprint density at radius 2 is 2.00 bits per heavy atom. The molecule has 3 heteroatoms. The van der Waals surface area contributed by atoms with Crippen LogP contribution in [0.3, 0.4) is 0 Å². The summed E-state index contributed by atoms with van der Waals surface area (Å²) in [6, 6.07) is 6.71. The molecule has 0 radical (unpaired) electrons. The predicted octanol–water partition coefficient (Wildman–Crippen LogP) is 1.85. The molecule has 0 unspecified atom stereocenters. The van der Waals surface area contributed by atoms with Gasteiger partial charge in [-0.05, 0) is 32.1 Å². The summed E-state index contributed by atoms with van der Waals surface area (Å²) in [7, 11) is 1.91. The quantitative estimate of drug-likeness (QED) is 0.679. The van der Waals surface area contributed by atoms with Crippen molar-refractivity contribution in [3.63, 3.8) is 0 Å². The molecule has 0 saturated heterocycles. The second kappa shape index (κ2) is 5.54. The Morgan fingerprint density at radius 3 is 2.69 bits per heavy atom. The first-order valence-corrected chi connectivity index (χ1v) is 4.47. The third-order valence-electron chi connectivity index (χ3n) is 1.79. The van der Waals surface area contributed by atoms with Gasteiger partial charge in [0.2, 0.25) is 0 Å². The second-order valence-corrected chi connectivity index (χ2v) is 2.86. The van der Waals surface area contributed by atoms with Crippen molar-refractivity contribution >= 4 is 5.69 Å². The van der Waals surface area contributed by atoms with Gasteiger partial charge in [0.1, 0.15) is 5.82 Å². The highest BCUT2D eigenvalue weighted by atomic mass is 19.1. The highest BCUT2D eigenvalue weighted by Gasteiger charge is 1.97. The van der Waals surface area contributed by atoms with Crippen LogP contribution in [0.4, 0.5) is 10.1 Å². The number of hydrogen-bond donors (Lipinski definition) is 2. The molecule has 2 N–H and O–H groups in total. The lowest BCUT2D eigenvalue weighted by atomic mass is 10.3. The van der Waals surface area contributed by atoms with E-state index < -0.39 is 0 Å². The van der Waals surface area contributed by atoms with Gasteiger partial charge in [-0.1, -0.05) is 12.1 Å². The van der Waals surface area contributed by atoms with Crippen molar-refractivity contribution < 1.29 is 4.39 Å². The van der Waals surface area contributed by atoms with Crippen molar-refractivity contribution in [3.05, 3.63) is 30.1 Å². The zero-order chi connectivity index (χ0) is 9.52. The molecule has 1 rings (SSSR count). The fourth-order valence-electron chi connectivity index (χ4n) is 1.09. The SMILES string of the molecule is CNCCCNc1ccccc1F. The molecule has 1 aromatic rings. The van der Waals surface area contributed by atoms with Crippen LogP contribution < -0.4 is 10.6 Å². The third kappa shape index (κ3) is 3.42. The van der Waals surface area contributed by atoms with E-state index in [-0.39, 0.29) is 5.82 Å². The Balaban J connectivity index is 2.32. The van der Waals surface area contributed by atoms with Crippen molar-refractivity contribution in [1.29, 1.82) is 0 Å². The summed E-state index contributed by atoms with van der Waals surface area (Å²) in [5, 5.41) is 6.07. The van der Waals surface area contributed by atoms with Gasteiger partial charge in [-0.25, -0.2) is 4.39 Å². The van der Waals surface area contributed by atoms with Gasteiger partial charge >= 0.3 is 0 Å². The molecule has 0 saturated carbocycles. The van der Waals surface area contributed by atoms with Crippen LogP contribution in [-0.2, 0) is 0 Å². The summed E-state index contributed by atoms with van der Waals surface area (Å²) in [6.45, 7) is 1.74. The van der Waals surface area contributed by atoms with Crippen LogP contribution in [0.5, 0.6) is 0 Å². The first-order valence-electron chi connectivity index (χ1n) is 4.47. The second-order valence-electron chi connectivity index (χ2n) is 2.86. The van der Waals surface area contributed by atoms with E-state index in [2.05, 4.69) is 10.6 Å². The van der Waals surface area contributed by atoms with Crippen molar-refractivity contribution in [1.82, 2.24) is 5.32 Å². The van der Waals surface area contributed by atoms with Gasteiger partial charge in [0.25, 0.3) is 0 Å². The minimum atomic E-state index is -0.188. The normalized spacial score (nSPS) is 10.0. The topological polar surface area (TPSA) is 24.1 Å². The predicted molar refractivity (Wildman–Crippen MR) is 53.4 cm³/mol. The summed E-state index contributed by atoms with van der Waals surface area (Å²) in [6.07, 6.45) is 0.991. The molecule has 0 heterocycles. The van der Waals surface area contributed by atoms with Gasteiger partial charge in [0.05, 0.1) is 5.69 Å². The van der Waals surface area contributed by atoms with Crippen molar-refractivity contribution in [2.45, 2.75) is 6.42 Å². The van der Waals surface area contributed by atoms with E-state index in [1.807, 2.05) is 13.1 Å². The van der Waals surface area contributed by atoms with Gasteiger partial charge in [-0.3, -0.25) is 0 Å². The summed E-state index contributed by atoms with van der Waals surface area (Å²) in [5.41, 5.74) is 0.582. The van der Waals surface area contributed by atoms with Crippen LogP contribution in [0, 0.1) is 5.82 Å². The van der Waals surface area contributed by atoms with E-state index in [9.17, 15) is 4.39 Å². The van der Waals surface area contributed by atoms with Crippen molar-refractivity contribution in [2.75, 3.05) is 25.5 Å². The van der Waals surface area contributed by atoms with Crippen LogP contribution >= 0.6 is 0 Å². The molecule has 72 valence electrons. The zero-order valence-electron chi connectivity index (χ0n) is 7.81. The number of benzene rings is 1. The lowest BCUT2D eigenvalue weighted by Gasteiger charge is -2.06. The molecule has 0 aliphatic heterocycles. The van der Waals surface area contributed by atoms with E-state index in [0.29, 0.717) is 5.69 Å². The molecular formula is C10H15FN2. The third-order valence-corrected chi connectivity index (χ3v) is 1.79. The van der Waals surface area contributed by atoms with E-state index in [4.69, 9.17) is 0 Å². The fraction of sp³-hybridized carbons (Fsp3) is 0.400. The lowest BCUT2D eigenvalue weighted by Crippen LogP contribution is -2.13. The monoisotopic (exact) mass is 182 g/mol. The highest BCUT2D eigenvalue weighted by molar-refractivity contribution is 5.44. The summed E-state index contributed by atoms with van der Waals surface area (Å²) >= 11 is 0. The van der Waals surface area contributed by atoms with E-state index in [1.165, 1.54) is 6.07 Å². The average Bonchev–Trinajstić information content (AvgIpc) is 2.15. The maximum Gasteiger partial charge on any atom is 0.146 e. The van der Waals surface area contributed by atoms with Gasteiger partial charge in [-0.15, -0.1) is 0 Å². The maximum atomic E-state index is 13.0. The molecule has 0 bridgehead atoms. The number of nitrogens with one attached hydrogen (secondary N) is 2. The largest absolute Gasteiger partial charge is 0.383 e. The molecule has 0 amide bonds. The molecule has 0 spiro atoms. The first-order chi connectivity index (χ1) is 6.34. The van der Waals surface area contributed by atoms with Gasteiger partial charge in [0, 0.05) is 6.54 Å². The van der Waals surface area contributed by atoms with Gasteiger partial charge < -0.3 is 10.6 Å². The van der Waals surface area contributed by atoms with Crippen LogP contribution in [-0.4, -0.2) is 20.1 Å². The van der Waals surface area contributed by atoms with Gasteiger partial charge in [-0.2, -0.15) is 0 Å². The Kier molecular flexibility index (Phi) is 4.26. The Hall–Kier alpha value is -1.09. The molecule has 2 nitrogen and oxygen atoms in total. The lowest BCUT2D eigenvalue weighted by molar-refractivity contribution is 0.629. The number of halogens is 1. The van der Waals surface area contributed by atoms with Crippen LogP contribution in [0.25, 0.3) is 0 Å². The summed E-state index contributed by atoms with van der Waals surface area (Å²) < 4.78 is 13.0. The average molecular weight is 182 g/mol. The number of hydrogen-bond acceptors (Lipinski definition) is 2. The molecule has 0 atom stereocenters. The minimum absolute atomic E-state index is 0.188. The first kappa shape index (κ1) is 9.99. The molecular weight excluding hydrogens is 167 g/mol. The molecule has 0 aliphatic rings. The highest BCUT2D eigenvalue weighted by Crippen LogP contribution is 2.11. The molecule has 0 aliphatic carbocycles. The van der Waals surface area contributed by atoms with Crippen molar-refractivity contribution in [2.24, 2.45) is 0 Å². The number of para-hydroxylation sites is 1. The minimum Gasteiger partial charge on any atom is -0.383 e. The van der Waals surface area contributed by atoms with Crippen LogP contribution in [0.15, 0.2) is 24.3 Å². The number of rotatable bonds is 5. The van der Waals surface area contributed by atoms with Crippen LogP contribution in [0.2, 0.25) is 0 Å². The van der Waals surface area contributed by atoms with Gasteiger partial charge in [0.15, 0.2) is 0 Å². The summed E-state index contributed by atoms with van der Waals surface area (Å²) in [5.74, 6) is -0.188. The molecule has 0 fully saturated rings. The fourth-order valence-corrected chi connectivity index (χ4v) is 1.09. The molecule has 13 heavy (non-hydrogen) atoms.